The minimum absolute atomic E-state index is 0.0650. The molecule has 3 heterocycles. The maximum absolute atomic E-state index is 13.8. The number of ether oxygens (including phenoxy) is 5. The number of nitrogens with zero attached hydrogens (tertiary/aromatic N) is 6. The highest BCUT2D eigenvalue weighted by atomic mass is 19.3. The number of pyridine rings is 1. The number of benzene rings is 1. The zero-order chi connectivity index (χ0) is 37.9. The molecule has 2 saturated heterocycles. The third kappa shape index (κ3) is 13.8. The van der Waals surface area contributed by atoms with Gasteiger partial charge in [-0.1, -0.05) is 0 Å². The van der Waals surface area contributed by atoms with Crippen molar-refractivity contribution < 1.29 is 46.8 Å². The van der Waals surface area contributed by atoms with Crippen LogP contribution in [-0.2, 0) is 28.5 Å². The van der Waals surface area contributed by atoms with Crippen molar-refractivity contribution in [3.63, 3.8) is 0 Å². The highest BCUT2D eigenvalue weighted by Crippen LogP contribution is 2.31. The van der Waals surface area contributed by atoms with E-state index in [0.717, 1.165) is 31.0 Å². The summed E-state index contributed by atoms with van der Waals surface area (Å²) in [4.78, 5) is 50.6. The molecule has 17 heteroatoms. The molecular formula is C36H47F2N7O8. The second-order valence-corrected chi connectivity index (χ2v) is 12.5. The predicted molar refractivity (Wildman–Crippen MR) is 187 cm³/mol. The van der Waals surface area contributed by atoms with Gasteiger partial charge < -0.3 is 43.6 Å². The predicted octanol–water partition coefficient (Wildman–Crippen LogP) is 2.01. The number of amides is 3. The molecule has 0 spiro atoms. The normalized spacial score (nSPS) is 17.0. The zero-order valence-electron chi connectivity index (χ0n) is 29.8. The summed E-state index contributed by atoms with van der Waals surface area (Å²) in [6, 6.07) is 7.17. The molecular weight excluding hydrogens is 696 g/mol. The Morgan fingerprint density at radius 2 is 1.62 bits per heavy atom. The summed E-state index contributed by atoms with van der Waals surface area (Å²) >= 11 is 0. The molecule has 4 rings (SSSR count). The van der Waals surface area contributed by atoms with Gasteiger partial charge in [0.2, 0.25) is 18.4 Å². The van der Waals surface area contributed by atoms with Gasteiger partial charge in [0.05, 0.1) is 89.5 Å². The van der Waals surface area contributed by atoms with Crippen molar-refractivity contribution in [2.24, 2.45) is 0 Å². The van der Waals surface area contributed by atoms with Crippen LogP contribution in [0, 0.1) is 17.9 Å². The summed E-state index contributed by atoms with van der Waals surface area (Å²) in [7, 11) is 0. The van der Waals surface area contributed by atoms with Crippen LogP contribution in [0.4, 0.5) is 8.78 Å². The standard InChI is InChI=1S/C36H47F2N7O8/c1-40-8-16-50-18-20-52-22-21-51-19-17-49-15-6-33(46)44-12-10-43(11-13-44)9-2-14-53-29-3-4-32-31(23-29)30(5-7-41-32)35(48)42-26-34(47)45-27-36(37,38)24-28(45)25-39/h3-5,7,23,28H,2,6,8-22,24,26-27H2,(H,42,48)/t28-/m0/s1. The Labute approximate surface area is 307 Å². The average molecular weight is 744 g/mol. The van der Waals surface area contributed by atoms with Crippen molar-refractivity contribution in [1.82, 2.24) is 25.0 Å². The molecule has 0 unspecified atom stereocenters. The smallest absolute Gasteiger partial charge is 0.268 e. The summed E-state index contributed by atoms with van der Waals surface area (Å²) in [5.41, 5.74) is 0.786. The molecule has 0 saturated carbocycles. The molecule has 288 valence electrons. The van der Waals surface area contributed by atoms with E-state index in [-0.39, 0.29) is 11.5 Å². The third-order valence-corrected chi connectivity index (χ3v) is 8.63. The molecule has 0 radical (unpaired) electrons. The lowest BCUT2D eigenvalue weighted by atomic mass is 10.1. The Bertz CT molecular complexity index is 1580. The van der Waals surface area contributed by atoms with Gasteiger partial charge in [-0.15, -0.1) is 0 Å². The Kier molecular flexibility index (Phi) is 17.0. The number of carbonyl (C=O) groups is 3. The molecule has 2 aromatic rings. The highest BCUT2D eigenvalue weighted by molar-refractivity contribution is 6.07. The van der Waals surface area contributed by atoms with Crippen LogP contribution in [0.1, 0.15) is 29.6 Å². The molecule has 2 aliphatic rings. The van der Waals surface area contributed by atoms with Crippen molar-refractivity contribution in [3.05, 3.63) is 47.4 Å². The average Bonchev–Trinajstić information content (AvgIpc) is 3.49. The Hall–Kier alpha value is -4.52. The number of rotatable bonds is 22. The van der Waals surface area contributed by atoms with Gasteiger partial charge in [0.15, 0.2) is 0 Å². The minimum atomic E-state index is -3.14. The number of alkyl halides is 2. The SMILES string of the molecule is [C-]#[N+]CCOCCOCCOCCOCCC(=O)N1CCN(CCCOc2ccc3nccc(C(=O)NCC(=O)N4CC(F)(F)C[C@H]4C#N)c3c2)CC1. The molecule has 3 amide bonds. The van der Waals surface area contributed by atoms with Gasteiger partial charge in [0.1, 0.15) is 18.4 Å². The van der Waals surface area contributed by atoms with Crippen molar-refractivity contribution in [2.45, 2.75) is 31.2 Å². The maximum Gasteiger partial charge on any atom is 0.268 e. The first-order chi connectivity index (χ1) is 25.7. The molecule has 1 aromatic heterocycles. The van der Waals surface area contributed by atoms with Gasteiger partial charge in [-0.05, 0) is 30.7 Å². The monoisotopic (exact) mass is 743 g/mol. The number of hydrogen-bond acceptors (Lipinski definition) is 11. The lowest BCUT2D eigenvalue weighted by Gasteiger charge is -2.34. The number of piperazine rings is 1. The fourth-order valence-corrected chi connectivity index (χ4v) is 5.85. The Morgan fingerprint density at radius 3 is 2.30 bits per heavy atom. The second kappa shape index (κ2) is 21.9. The van der Waals surface area contributed by atoms with E-state index >= 15 is 0 Å². The second-order valence-electron chi connectivity index (χ2n) is 12.5. The van der Waals surface area contributed by atoms with Crippen LogP contribution in [0.5, 0.6) is 5.75 Å². The van der Waals surface area contributed by atoms with Crippen molar-refractivity contribution >= 4 is 28.6 Å². The maximum atomic E-state index is 13.8. The van der Waals surface area contributed by atoms with E-state index < -0.39 is 43.3 Å². The number of nitriles is 1. The number of nitrogens with one attached hydrogen (secondary N) is 1. The number of hydrogen-bond donors (Lipinski definition) is 1. The third-order valence-electron chi connectivity index (χ3n) is 8.63. The van der Waals surface area contributed by atoms with E-state index in [2.05, 4.69) is 20.0 Å². The zero-order valence-corrected chi connectivity index (χ0v) is 29.8. The number of likely N-dealkylation sites (tertiary alicyclic amines) is 1. The molecule has 0 aliphatic carbocycles. The van der Waals surface area contributed by atoms with E-state index in [1.165, 1.54) is 12.3 Å². The van der Waals surface area contributed by atoms with E-state index in [4.69, 9.17) is 35.5 Å². The van der Waals surface area contributed by atoms with Crippen LogP contribution in [0.2, 0.25) is 0 Å². The summed E-state index contributed by atoms with van der Waals surface area (Å²) in [5, 5.41) is 12.1. The van der Waals surface area contributed by atoms with Gasteiger partial charge in [-0.25, -0.2) is 15.4 Å². The first-order valence-corrected chi connectivity index (χ1v) is 17.7. The lowest BCUT2D eigenvalue weighted by Crippen LogP contribution is -2.49. The summed E-state index contributed by atoms with van der Waals surface area (Å²) in [5.74, 6) is -3.87. The topological polar surface area (TPSA) is 160 Å². The van der Waals surface area contributed by atoms with Crippen LogP contribution < -0.4 is 10.1 Å². The lowest BCUT2D eigenvalue weighted by molar-refractivity contribution is -0.134. The van der Waals surface area contributed by atoms with E-state index in [1.54, 1.807) is 24.3 Å². The highest BCUT2D eigenvalue weighted by Gasteiger charge is 2.47. The van der Waals surface area contributed by atoms with E-state index in [0.29, 0.717) is 102 Å². The van der Waals surface area contributed by atoms with Gasteiger partial charge >= 0.3 is 0 Å². The number of carbonyl (C=O) groups excluding carboxylic acids is 3. The first kappa shape index (κ1) is 41.2. The molecule has 1 atom stereocenters. The van der Waals surface area contributed by atoms with Crippen LogP contribution in [0.3, 0.4) is 0 Å². The van der Waals surface area contributed by atoms with E-state index in [9.17, 15) is 23.2 Å². The Morgan fingerprint density at radius 1 is 0.943 bits per heavy atom. The molecule has 1 N–H and O–H groups in total. The molecule has 53 heavy (non-hydrogen) atoms. The fraction of sp³-hybridized carbons (Fsp3) is 0.611. The summed E-state index contributed by atoms with van der Waals surface area (Å²) < 4.78 is 55.1. The number of fused-ring (bicyclic) bond motifs is 1. The van der Waals surface area contributed by atoms with Gasteiger partial charge in [0.25, 0.3) is 11.8 Å². The van der Waals surface area contributed by atoms with E-state index in [1.807, 2.05) is 4.90 Å². The summed E-state index contributed by atoms with van der Waals surface area (Å²) in [6.07, 6.45) is 1.80. The van der Waals surface area contributed by atoms with Gasteiger partial charge in [-0.2, -0.15) is 5.26 Å². The molecule has 2 aliphatic heterocycles. The molecule has 2 fully saturated rings. The molecule has 0 bridgehead atoms. The molecule has 15 nitrogen and oxygen atoms in total. The fourth-order valence-electron chi connectivity index (χ4n) is 5.85. The molecule has 1 aromatic carbocycles. The summed E-state index contributed by atoms with van der Waals surface area (Å²) in [6.45, 7) is 13.0. The van der Waals surface area contributed by atoms with Gasteiger partial charge in [-0.3, -0.25) is 24.3 Å². The van der Waals surface area contributed by atoms with Crippen LogP contribution in [0.25, 0.3) is 15.7 Å². The van der Waals surface area contributed by atoms with Crippen molar-refractivity contribution in [2.75, 3.05) is 112 Å². The van der Waals surface area contributed by atoms with Crippen LogP contribution in [0.15, 0.2) is 30.5 Å². The van der Waals surface area contributed by atoms with Crippen molar-refractivity contribution in [1.29, 1.82) is 5.26 Å². The van der Waals surface area contributed by atoms with Gasteiger partial charge in [0, 0.05) is 50.7 Å². The number of aromatic nitrogens is 1. The van der Waals surface area contributed by atoms with Crippen molar-refractivity contribution in [3.8, 4) is 11.8 Å². The first-order valence-electron chi connectivity index (χ1n) is 17.7. The number of halogens is 2. The largest absolute Gasteiger partial charge is 0.494 e. The van der Waals surface area contributed by atoms with Crippen LogP contribution in [-0.4, -0.2) is 161 Å². The minimum Gasteiger partial charge on any atom is -0.494 e. The quantitative estimate of drug-likeness (QED) is 0.139. The van der Waals surface area contributed by atoms with Crippen LogP contribution >= 0.6 is 0 Å². The Balaban J connectivity index is 1.07.